The second-order valence-electron chi connectivity index (χ2n) is 7.55. The lowest BCUT2D eigenvalue weighted by atomic mass is 10.0. The van der Waals surface area contributed by atoms with Gasteiger partial charge >= 0.3 is 0 Å². The average molecular weight is 414 g/mol. The van der Waals surface area contributed by atoms with Gasteiger partial charge in [-0.15, -0.1) is 10.2 Å². The van der Waals surface area contributed by atoms with Crippen LogP contribution in [-0.4, -0.2) is 65.5 Å². The Morgan fingerprint density at radius 1 is 1.13 bits per heavy atom. The summed E-state index contributed by atoms with van der Waals surface area (Å²) in [6.45, 7) is 7.70. The van der Waals surface area contributed by atoms with Crippen molar-refractivity contribution >= 4 is 5.96 Å². The van der Waals surface area contributed by atoms with Crippen molar-refractivity contribution in [2.24, 2.45) is 4.99 Å². The van der Waals surface area contributed by atoms with E-state index in [2.05, 4.69) is 44.8 Å². The summed E-state index contributed by atoms with van der Waals surface area (Å²) in [6, 6.07) is 8.55. The molecule has 30 heavy (non-hydrogen) atoms. The number of nitrogens with zero attached hydrogens (tertiary/aromatic N) is 5. The maximum absolute atomic E-state index is 5.65. The van der Waals surface area contributed by atoms with Crippen LogP contribution in [0.25, 0.3) is 0 Å². The molecule has 0 radical (unpaired) electrons. The van der Waals surface area contributed by atoms with Crippen LogP contribution in [0.1, 0.15) is 44.2 Å². The van der Waals surface area contributed by atoms with Crippen LogP contribution in [0.2, 0.25) is 0 Å². The standard InChI is InChI=1S/C22H35N7O/c1-3-23-22(24-12-6-7-13-28-17-26-27-18-28)25-16-20(29-14-8-9-15-29)19-10-4-5-11-21(19)30-2/h4-5,10-11,17-18,20H,3,6-9,12-16H2,1-2H3,(H2,23,24,25). The van der Waals surface area contributed by atoms with E-state index in [9.17, 15) is 0 Å². The summed E-state index contributed by atoms with van der Waals surface area (Å²) >= 11 is 0. The molecule has 1 aliphatic rings. The van der Waals surface area contributed by atoms with Gasteiger partial charge in [0.05, 0.1) is 19.7 Å². The number of aromatic nitrogens is 3. The normalized spacial score (nSPS) is 15.9. The molecule has 0 amide bonds. The number of rotatable bonds is 11. The van der Waals surface area contributed by atoms with Gasteiger partial charge in [-0.2, -0.15) is 0 Å². The van der Waals surface area contributed by atoms with Gasteiger partial charge in [0, 0.05) is 25.2 Å². The van der Waals surface area contributed by atoms with Crippen LogP contribution in [-0.2, 0) is 6.54 Å². The maximum Gasteiger partial charge on any atom is 0.191 e. The topological polar surface area (TPSA) is 79.6 Å². The number of ether oxygens (including phenoxy) is 1. The summed E-state index contributed by atoms with van der Waals surface area (Å²) in [6.07, 6.45) is 8.15. The predicted molar refractivity (Wildman–Crippen MR) is 120 cm³/mol. The van der Waals surface area contributed by atoms with E-state index in [1.807, 2.05) is 16.7 Å². The second kappa shape index (κ2) is 12.2. The van der Waals surface area contributed by atoms with Crippen molar-refractivity contribution in [1.82, 2.24) is 30.3 Å². The van der Waals surface area contributed by atoms with Gasteiger partial charge in [-0.1, -0.05) is 18.2 Å². The summed E-state index contributed by atoms with van der Waals surface area (Å²) < 4.78 is 7.65. The van der Waals surface area contributed by atoms with Crippen LogP contribution in [0.3, 0.4) is 0 Å². The van der Waals surface area contributed by atoms with E-state index in [0.717, 1.165) is 57.3 Å². The quantitative estimate of drug-likeness (QED) is 0.335. The first-order valence-electron chi connectivity index (χ1n) is 11.0. The third-order valence-electron chi connectivity index (χ3n) is 5.45. The van der Waals surface area contributed by atoms with Crippen LogP contribution in [0, 0.1) is 0 Å². The van der Waals surface area contributed by atoms with Gasteiger partial charge in [-0.25, -0.2) is 0 Å². The summed E-state index contributed by atoms with van der Waals surface area (Å²) in [7, 11) is 1.74. The Hall–Kier alpha value is -2.61. The van der Waals surface area contributed by atoms with E-state index in [1.54, 1.807) is 19.8 Å². The zero-order valence-corrected chi connectivity index (χ0v) is 18.3. The summed E-state index contributed by atoms with van der Waals surface area (Å²) in [5, 5.41) is 14.5. The fraction of sp³-hybridized carbons (Fsp3) is 0.591. The van der Waals surface area contributed by atoms with Gasteiger partial charge in [0.15, 0.2) is 5.96 Å². The molecule has 1 fully saturated rings. The van der Waals surface area contributed by atoms with Crippen molar-refractivity contribution < 1.29 is 4.74 Å². The highest BCUT2D eigenvalue weighted by molar-refractivity contribution is 5.79. The lowest BCUT2D eigenvalue weighted by Crippen LogP contribution is -2.39. The van der Waals surface area contributed by atoms with Gasteiger partial charge in [0.25, 0.3) is 0 Å². The van der Waals surface area contributed by atoms with Gasteiger partial charge < -0.3 is 19.9 Å². The van der Waals surface area contributed by atoms with Crippen molar-refractivity contribution in [1.29, 1.82) is 0 Å². The van der Waals surface area contributed by atoms with E-state index >= 15 is 0 Å². The van der Waals surface area contributed by atoms with E-state index in [1.165, 1.54) is 18.4 Å². The number of para-hydroxylation sites is 1. The highest BCUT2D eigenvalue weighted by Crippen LogP contribution is 2.31. The number of aryl methyl sites for hydroxylation is 1. The van der Waals surface area contributed by atoms with Crippen LogP contribution < -0.4 is 15.4 Å². The van der Waals surface area contributed by atoms with Crippen LogP contribution in [0.4, 0.5) is 0 Å². The third kappa shape index (κ3) is 6.45. The monoisotopic (exact) mass is 413 g/mol. The first kappa shape index (κ1) is 22.1. The van der Waals surface area contributed by atoms with E-state index in [0.29, 0.717) is 6.54 Å². The molecule has 2 N–H and O–H groups in total. The fourth-order valence-corrected chi connectivity index (χ4v) is 3.89. The van der Waals surface area contributed by atoms with Crippen LogP contribution >= 0.6 is 0 Å². The van der Waals surface area contributed by atoms with Gasteiger partial charge in [-0.05, 0) is 51.8 Å². The zero-order valence-electron chi connectivity index (χ0n) is 18.3. The molecule has 2 aromatic rings. The maximum atomic E-state index is 5.65. The lowest BCUT2D eigenvalue weighted by molar-refractivity contribution is 0.245. The van der Waals surface area contributed by atoms with Crippen molar-refractivity contribution in [3.05, 3.63) is 42.5 Å². The number of aliphatic imine (C=N–C) groups is 1. The van der Waals surface area contributed by atoms with Crippen molar-refractivity contribution in [2.45, 2.75) is 45.2 Å². The number of hydrogen-bond donors (Lipinski definition) is 2. The van der Waals surface area contributed by atoms with E-state index in [-0.39, 0.29) is 6.04 Å². The molecule has 1 aromatic heterocycles. The molecule has 8 nitrogen and oxygen atoms in total. The average Bonchev–Trinajstić information content (AvgIpc) is 3.48. The molecule has 0 spiro atoms. The molecular weight excluding hydrogens is 378 g/mol. The Morgan fingerprint density at radius 3 is 2.63 bits per heavy atom. The van der Waals surface area contributed by atoms with Gasteiger partial charge in [0.1, 0.15) is 18.4 Å². The minimum absolute atomic E-state index is 0.229. The van der Waals surface area contributed by atoms with Crippen LogP contribution in [0.5, 0.6) is 5.75 Å². The molecule has 1 saturated heterocycles. The number of guanidine groups is 1. The Morgan fingerprint density at radius 2 is 1.90 bits per heavy atom. The summed E-state index contributed by atoms with van der Waals surface area (Å²) in [5.41, 5.74) is 1.22. The molecule has 1 aliphatic heterocycles. The molecule has 0 aliphatic carbocycles. The summed E-state index contributed by atoms with van der Waals surface area (Å²) in [5.74, 6) is 1.82. The molecule has 164 valence electrons. The van der Waals surface area contributed by atoms with Crippen molar-refractivity contribution in [3.63, 3.8) is 0 Å². The lowest BCUT2D eigenvalue weighted by Gasteiger charge is -2.28. The van der Waals surface area contributed by atoms with Crippen molar-refractivity contribution in [3.8, 4) is 5.75 Å². The zero-order chi connectivity index (χ0) is 21.0. The molecule has 8 heteroatoms. The molecule has 1 aromatic carbocycles. The summed E-state index contributed by atoms with van der Waals surface area (Å²) in [4.78, 5) is 7.46. The minimum Gasteiger partial charge on any atom is -0.496 e. The Kier molecular flexibility index (Phi) is 8.96. The van der Waals surface area contributed by atoms with Gasteiger partial charge in [-0.3, -0.25) is 9.89 Å². The predicted octanol–water partition coefficient (Wildman–Crippen LogP) is 2.46. The molecular formula is C22H35N7O. The van der Waals surface area contributed by atoms with E-state index in [4.69, 9.17) is 9.73 Å². The first-order chi connectivity index (χ1) is 14.8. The van der Waals surface area contributed by atoms with Crippen molar-refractivity contribution in [2.75, 3.05) is 39.8 Å². The second-order valence-corrected chi connectivity index (χ2v) is 7.55. The highest BCUT2D eigenvalue weighted by Gasteiger charge is 2.25. The highest BCUT2D eigenvalue weighted by atomic mass is 16.5. The molecule has 1 atom stereocenters. The number of methoxy groups -OCH3 is 1. The smallest absolute Gasteiger partial charge is 0.191 e. The number of likely N-dealkylation sites (tertiary alicyclic amines) is 1. The van der Waals surface area contributed by atoms with Gasteiger partial charge in [0.2, 0.25) is 0 Å². The number of hydrogen-bond acceptors (Lipinski definition) is 5. The molecule has 3 rings (SSSR count). The molecule has 0 bridgehead atoms. The number of unbranched alkanes of at least 4 members (excludes halogenated alkanes) is 1. The third-order valence-corrected chi connectivity index (χ3v) is 5.45. The first-order valence-corrected chi connectivity index (χ1v) is 11.0. The van der Waals surface area contributed by atoms with Crippen LogP contribution in [0.15, 0.2) is 41.9 Å². The SMILES string of the molecule is CCNC(=NCC(c1ccccc1OC)N1CCCC1)NCCCCn1cnnc1. The Labute approximate surface area is 179 Å². The molecule has 2 heterocycles. The Bertz CT molecular complexity index is 757. The number of benzene rings is 1. The number of nitrogens with one attached hydrogen (secondary N) is 2. The largest absolute Gasteiger partial charge is 0.496 e. The molecule has 1 unspecified atom stereocenters. The van der Waals surface area contributed by atoms with E-state index < -0.39 is 0 Å². The molecule has 0 saturated carbocycles. The fourth-order valence-electron chi connectivity index (χ4n) is 3.89. The Balaban J connectivity index is 1.59. The minimum atomic E-state index is 0.229.